The van der Waals surface area contributed by atoms with Crippen LogP contribution in [0, 0.1) is 6.92 Å². The monoisotopic (exact) mass is 340 g/mol. The second-order valence-electron chi connectivity index (χ2n) is 5.71. The van der Waals surface area contributed by atoms with Crippen LogP contribution in [0.1, 0.15) is 42.6 Å². The number of sulfonamides is 1. The SMILES string of the molecule is CCN(CC)c1cc(C(=O)O)cc(N2CCCCS2(=O)=O)c1C. The Labute approximate surface area is 137 Å². The highest BCUT2D eigenvalue weighted by atomic mass is 32.2. The molecule has 1 aromatic rings. The van der Waals surface area contributed by atoms with Gasteiger partial charge in [-0.2, -0.15) is 0 Å². The van der Waals surface area contributed by atoms with Crippen LogP contribution in [0.4, 0.5) is 11.4 Å². The van der Waals surface area contributed by atoms with Crippen molar-refractivity contribution in [2.24, 2.45) is 0 Å². The van der Waals surface area contributed by atoms with Crippen molar-refractivity contribution < 1.29 is 18.3 Å². The van der Waals surface area contributed by atoms with Crippen molar-refractivity contribution >= 4 is 27.4 Å². The Morgan fingerprint density at radius 1 is 1.26 bits per heavy atom. The lowest BCUT2D eigenvalue weighted by molar-refractivity contribution is 0.0697. The van der Waals surface area contributed by atoms with Crippen molar-refractivity contribution in [3.8, 4) is 0 Å². The van der Waals surface area contributed by atoms with Crippen molar-refractivity contribution in [2.75, 3.05) is 34.6 Å². The van der Waals surface area contributed by atoms with Crippen LogP contribution in [-0.2, 0) is 10.0 Å². The van der Waals surface area contributed by atoms with Crippen LogP contribution in [0.25, 0.3) is 0 Å². The van der Waals surface area contributed by atoms with Crippen LogP contribution < -0.4 is 9.21 Å². The van der Waals surface area contributed by atoms with Gasteiger partial charge in [-0.05, 0) is 51.3 Å². The van der Waals surface area contributed by atoms with Crippen molar-refractivity contribution in [2.45, 2.75) is 33.6 Å². The fraction of sp³-hybridized carbons (Fsp3) is 0.562. The predicted molar refractivity (Wildman–Crippen MR) is 92.1 cm³/mol. The highest BCUT2D eigenvalue weighted by molar-refractivity contribution is 7.92. The minimum absolute atomic E-state index is 0.115. The summed E-state index contributed by atoms with van der Waals surface area (Å²) in [6.07, 6.45) is 1.44. The summed E-state index contributed by atoms with van der Waals surface area (Å²) >= 11 is 0. The molecule has 0 radical (unpaired) electrons. The quantitative estimate of drug-likeness (QED) is 0.891. The molecule has 0 spiro atoms. The first kappa shape index (κ1) is 17.6. The number of nitrogens with zero attached hydrogens (tertiary/aromatic N) is 2. The van der Waals surface area contributed by atoms with E-state index in [1.807, 2.05) is 25.7 Å². The molecule has 0 aliphatic carbocycles. The van der Waals surface area contributed by atoms with E-state index in [0.29, 0.717) is 18.7 Å². The number of hydrogen-bond donors (Lipinski definition) is 1. The van der Waals surface area contributed by atoms with Gasteiger partial charge in [0.15, 0.2) is 0 Å². The molecule has 1 aliphatic heterocycles. The first-order chi connectivity index (χ1) is 10.8. The maximum Gasteiger partial charge on any atom is 0.335 e. The molecule has 0 bridgehead atoms. The molecule has 1 saturated heterocycles. The first-order valence-electron chi connectivity index (χ1n) is 7.95. The number of carbonyl (C=O) groups is 1. The van der Waals surface area contributed by atoms with Gasteiger partial charge in [0.25, 0.3) is 0 Å². The lowest BCUT2D eigenvalue weighted by Crippen LogP contribution is -2.38. The average molecular weight is 340 g/mol. The molecule has 6 nitrogen and oxygen atoms in total. The minimum Gasteiger partial charge on any atom is -0.478 e. The first-order valence-corrected chi connectivity index (χ1v) is 9.56. The normalized spacial score (nSPS) is 17.1. The molecule has 2 rings (SSSR count). The van der Waals surface area contributed by atoms with Gasteiger partial charge in [-0.15, -0.1) is 0 Å². The van der Waals surface area contributed by atoms with Gasteiger partial charge in [0.05, 0.1) is 17.0 Å². The van der Waals surface area contributed by atoms with E-state index in [-0.39, 0.29) is 11.3 Å². The van der Waals surface area contributed by atoms with E-state index in [4.69, 9.17) is 0 Å². The Balaban J connectivity index is 2.64. The van der Waals surface area contributed by atoms with Gasteiger partial charge in [0, 0.05) is 25.3 Å². The maximum atomic E-state index is 12.4. The van der Waals surface area contributed by atoms with E-state index >= 15 is 0 Å². The van der Waals surface area contributed by atoms with Crippen LogP contribution in [0.15, 0.2) is 12.1 Å². The van der Waals surface area contributed by atoms with Gasteiger partial charge in [-0.25, -0.2) is 13.2 Å². The topological polar surface area (TPSA) is 77.9 Å². The molecule has 1 aliphatic rings. The van der Waals surface area contributed by atoms with Crippen molar-refractivity contribution in [3.05, 3.63) is 23.3 Å². The summed E-state index contributed by atoms with van der Waals surface area (Å²) in [6.45, 7) is 7.71. The van der Waals surface area contributed by atoms with Crippen LogP contribution in [-0.4, -0.2) is 44.9 Å². The number of benzene rings is 1. The molecular weight excluding hydrogens is 316 g/mol. The third kappa shape index (κ3) is 3.44. The summed E-state index contributed by atoms with van der Waals surface area (Å²) in [4.78, 5) is 13.5. The zero-order valence-corrected chi connectivity index (χ0v) is 14.7. The maximum absolute atomic E-state index is 12.4. The Morgan fingerprint density at radius 2 is 1.91 bits per heavy atom. The third-order valence-electron chi connectivity index (χ3n) is 4.32. The van der Waals surface area contributed by atoms with Crippen LogP contribution in [0.5, 0.6) is 0 Å². The zero-order valence-electron chi connectivity index (χ0n) is 13.9. The molecule has 1 N–H and O–H groups in total. The van der Waals surface area contributed by atoms with Crippen LogP contribution >= 0.6 is 0 Å². The fourth-order valence-corrected chi connectivity index (χ4v) is 4.70. The lowest BCUT2D eigenvalue weighted by atomic mass is 10.1. The highest BCUT2D eigenvalue weighted by Gasteiger charge is 2.29. The van der Waals surface area contributed by atoms with Gasteiger partial charge in [-0.1, -0.05) is 0 Å². The largest absolute Gasteiger partial charge is 0.478 e. The number of anilines is 2. The van der Waals surface area contributed by atoms with Crippen LogP contribution in [0.2, 0.25) is 0 Å². The summed E-state index contributed by atoms with van der Waals surface area (Å²) in [5.41, 5.74) is 2.20. The Kier molecular flexibility index (Phi) is 5.19. The molecule has 0 saturated carbocycles. The highest BCUT2D eigenvalue weighted by Crippen LogP contribution is 2.34. The number of aromatic carboxylic acids is 1. The van der Waals surface area contributed by atoms with Crippen LogP contribution in [0.3, 0.4) is 0 Å². The average Bonchev–Trinajstić information content (AvgIpc) is 2.50. The number of carboxylic acid groups (broad SMARTS) is 1. The molecule has 128 valence electrons. The molecule has 0 aromatic heterocycles. The fourth-order valence-electron chi connectivity index (χ4n) is 3.02. The Bertz CT molecular complexity index is 696. The molecule has 0 unspecified atom stereocenters. The van der Waals surface area contributed by atoms with Gasteiger partial charge in [0.2, 0.25) is 10.0 Å². The number of hydrogen-bond acceptors (Lipinski definition) is 4. The molecule has 23 heavy (non-hydrogen) atoms. The second kappa shape index (κ2) is 6.78. The van der Waals surface area contributed by atoms with Crippen molar-refractivity contribution in [1.29, 1.82) is 0 Å². The van der Waals surface area contributed by atoms with E-state index in [0.717, 1.165) is 30.8 Å². The predicted octanol–water partition coefficient (Wildman–Crippen LogP) is 2.47. The minimum atomic E-state index is -3.38. The number of rotatable bonds is 5. The van der Waals surface area contributed by atoms with Gasteiger partial charge < -0.3 is 10.0 Å². The summed E-state index contributed by atoms with van der Waals surface area (Å²) in [5, 5.41) is 9.39. The zero-order chi connectivity index (χ0) is 17.2. The molecule has 0 amide bonds. The summed E-state index contributed by atoms with van der Waals surface area (Å²) in [7, 11) is -3.38. The van der Waals surface area contributed by atoms with Crippen molar-refractivity contribution in [1.82, 2.24) is 0 Å². The van der Waals surface area contributed by atoms with Crippen molar-refractivity contribution in [3.63, 3.8) is 0 Å². The van der Waals surface area contributed by atoms with Gasteiger partial charge >= 0.3 is 5.97 Å². The molecular formula is C16H24N2O4S. The standard InChI is InChI=1S/C16H24N2O4S/c1-4-17(5-2)14-10-13(16(19)20)11-15(12(14)3)18-8-6-7-9-23(18,21)22/h10-11H,4-9H2,1-3H3,(H,19,20). The summed E-state index contributed by atoms with van der Waals surface area (Å²) in [6, 6.07) is 3.11. The summed E-state index contributed by atoms with van der Waals surface area (Å²) in [5.74, 6) is -0.932. The van der Waals surface area contributed by atoms with Gasteiger partial charge in [0.1, 0.15) is 0 Å². The second-order valence-corrected chi connectivity index (χ2v) is 7.73. The molecule has 1 heterocycles. The Morgan fingerprint density at radius 3 is 2.43 bits per heavy atom. The number of carboxylic acids is 1. The summed E-state index contributed by atoms with van der Waals surface area (Å²) < 4.78 is 26.2. The lowest BCUT2D eigenvalue weighted by Gasteiger charge is -2.32. The van der Waals surface area contributed by atoms with Gasteiger partial charge in [-0.3, -0.25) is 4.31 Å². The third-order valence-corrected chi connectivity index (χ3v) is 6.18. The molecule has 1 fully saturated rings. The Hall–Kier alpha value is -1.76. The molecule has 7 heteroatoms. The van der Waals surface area contributed by atoms with E-state index in [2.05, 4.69) is 0 Å². The molecule has 1 aromatic carbocycles. The smallest absolute Gasteiger partial charge is 0.335 e. The van der Waals surface area contributed by atoms with E-state index in [9.17, 15) is 18.3 Å². The van der Waals surface area contributed by atoms with E-state index in [1.165, 1.54) is 10.4 Å². The van der Waals surface area contributed by atoms with E-state index < -0.39 is 16.0 Å². The van der Waals surface area contributed by atoms with E-state index in [1.54, 1.807) is 6.07 Å². The molecule has 0 atom stereocenters.